The van der Waals surface area contributed by atoms with Crippen LogP contribution in [0.3, 0.4) is 0 Å². The topological polar surface area (TPSA) is 45.2 Å². The summed E-state index contributed by atoms with van der Waals surface area (Å²) < 4.78 is 0. The van der Waals surface area contributed by atoms with E-state index >= 15 is 0 Å². The van der Waals surface area contributed by atoms with Crippen molar-refractivity contribution in [1.29, 1.82) is 0 Å². The van der Waals surface area contributed by atoms with Crippen LogP contribution in [0.1, 0.15) is 56.9 Å². The summed E-state index contributed by atoms with van der Waals surface area (Å²) in [5.41, 5.74) is 2.04. The van der Waals surface area contributed by atoms with Crippen LogP contribution in [0.4, 0.5) is 5.69 Å². The van der Waals surface area contributed by atoms with Crippen molar-refractivity contribution in [3.8, 4) is 0 Å². The number of carbonyl (C=O) groups excluding carboxylic acids is 1. The van der Waals surface area contributed by atoms with Crippen molar-refractivity contribution >= 4 is 11.6 Å². The van der Waals surface area contributed by atoms with Gasteiger partial charge in [-0.1, -0.05) is 13.3 Å². The molecule has 116 valence electrons. The predicted molar refractivity (Wildman–Crippen MR) is 86.6 cm³/mol. The van der Waals surface area contributed by atoms with E-state index in [4.69, 9.17) is 0 Å². The van der Waals surface area contributed by atoms with Crippen molar-refractivity contribution < 1.29 is 4.79 Å². The van der Waals surface area contributed by atoms with Gasteiger partial charge in [0, 0.05) is 31.5 Å². The molecule has 1 saturated carbocycles. The minimum absolute atomic E-state index is 0.0124. The summed E-state index contributed by atoms with van der Waals surface area (Å²) >= 11 is 0. The van der Waals surface area contributed by atoms with Gasteiger partial charge in [0.05, 0.1) is 0 Å². The third kappa shape index (κ3) is 3.96. The fourth-order valence-corrected chi connectivity index (χ4v) is 2.84. The van der Waals surface area contributed by atoms with E-state index in [0.29, 0.717) is 24.2 Å². The summed E-state index contributed by atoms with van der Waals surface area (Å²) in [5.74, 6) is 0.0124. The molecule has 0 spiro atoms. The third-order valence-corrected chi connectivity index (χ3v) is 4.43. The molecule has 0 atom stereocenters. The number of amides is 1. The van der Waals surface area contributed by atoms with Gasteiger partial charge >= 0.3 is 0 Å². The van der Waals surface area contributed by atoms with Crippen LogP contribution in [-0.4, -0.2) is 35.4 Å². The minimum atomic E-state index is 0.0124. The van der Waals surface area contributed by atoms with Crippen LogP contribution >= 0.6 is 0 Å². The zero-order valence-corrected chi connectivity index (χ0v) is 13.5. The van der Waals surface area contributed by atoms with Gasteiger partial charge in [-0.25, -0.2) is 0 Å². The molecule has 0 radical (unpaired) electrons. The molecule has 4 heteroatoms. The molecule has 0 bridgehead atoms. The van der Waals surface area contributed by atoms with E-state index in [0.717, 1.165) is 12.2 Å². The van der Waals surface area contributed by atoms with Gasteiger partial charge in [0.15, 0.2) is 0 Å². The van der Waals surface area contributed by atoms with Crippen molar-refractivity contribution in [3.63, 3.8) is 0 Å². The fourth-order valence-electron chi connectivity index (χ4n) is 2.84. The number of nitrogens with one attached hydrogen (secondary N) is 1. The van der Waals surface area contributed by atoms with Crippen LogP contribution in [-0.2, 0) is 0 Å². The Kier molecular flexibility index (Phi) is 5.21. The number of anilines is 1. The highest BCUT2D eigenvalue weighted by Crippen LogP contribution is 2.49. The van der Waals surface area contributed by atoms with Crippen LogP contribution in [0.15, 0.2) is 18.3 Å². The summed E-state index contributed by atoms with van der Waals surface area (Å²) in [6.45, 7) is 8.66. The van der Waals surface area contributed by atoms with Gasteiger partial charge in [-0.3, -0.25) is 9.78 Å². The molecule has 1 aromatic rings. The number of rotatable bonds is 8. The maximum atomic E-state index is 12.3. The lowest BCUT2D eigenvalue weighted by molar-refractivity contribution is 0.0767. The van der Waals surface area contributed by atoms with E-state index < -0.39 is 0 Å². The highest BCUT2D eigenvalue weighted by molar-refractivity contribution is 5.93. The molecule has 21 heavy (non-hydrogen) atoms. The fraction of sp³-hybridized carbons (Fsp3) is 0.647. The Balaban J connectivity index is 1.99. The Morgan fingerprint density at radius 1 is 1.33 bits per heavy atom. The number of carbonyl (C=O) groups is 1. The second-order valence-corrected chi connectivity index (χ2v) is 6.01. The number of hydrogen-bond acceptors (Lipinski definition) is 3. The van der Waals surface area contributed by atoms with E-state index in [1.54, 1.807) is 11.1 Å². The lowest BCUT2D eigenvalue weighted by Gasteiger charge is -2.19. The van der Waals surface area contributed by atoms with Gasteiger partial charge in [-0.15, -0.1) is 0 Å². The minimum Gasteiger partial charge on any atom is -0.384 e. The Hall–Kier alpha value is -1.58. The van der Waals surface area contributed by atoms with E-state index in [9.17, 15) is 4.79 Å². The molecule has 1 aliphatic carbocycles. The largest absolute Gasteiger partial charge is 0.384 e. The SMILES string of the molecule is CCCC1(CNc2ccnc(C(=O)N(CC)CC)c2)CC1. The molecule has 0 aliphatic heterocycles. The average molecular weight is 289 g/mol. The first-order valence-corrected chi connectivity index (χ1v) is 8.13. The Morgan fingerprint density at radius 2 is 2.05 bits per heavy atom. The van der Waals surface area contributed by atoms with Gasteiger partial charge in [-0.2, -0.15) is 0 Å². The lowest BCUT2D eigenvalue weighted by atomic mass is 10.0. The smallest absolute Gasteiger partial charge is 0.272 e. The van der Waals surface area contributed by atoms with E-state index in [2.05, 4.69) is 17.2 Å². The van der Waals surface area contributed by atoms with Crippen molar-refractivity contribution in [1.82, 2.24) is 9.88 Å². The molecular formula is C17H27N3O. The standard InChI is InChI=1S/C17H27N3O/c1-4-8-17(9-10-17)13-19-14-7-11-18-15(12-14)16(21)20(5-2)6-3/h7,11-12H,4-6,8-10,13H2,1-3H3,(H,18,19). The normalized spacial score (nSPS) is 15.6. The number of nitrogens with zero attached hydrogens (tertiary/aromatic N) is 2. The summed E-state index contributed by atoms with van der Waals surface area (Å²) in [4.78, 5) is 18.3. The average Bonchev–Trinajstić information content (AvgIpc) is 3.27. The first kappa shape index (κ1) is 15.8. The number of pyridine rings is 1. The second-order valence-electron chi connectivity index (χ2n) is 6.01. The maximum absolute atomic E-state index is 12.3. The zero-order valence-electron chi connectivity index (χ0n) is 13.5. The molecule has 1 heterocycles. The molecule has 0 saturated heterocycles. The monoisotopic (exact) mass is 289 g/mol. The molecule has 4 nitrogen and oxygen atoms in total. The van der Waals surface area contributed by atoms with Gasteiger partial charge < -0.3 is 10.2 Å². The maximum Gasteiger partial charge on any atom is 0.272 e. The summed E-state index contributed by atoms with van der Waals surface area (Å²) in [6.07, 6.45) is 6.90. The van der Waals surface area contributed by atoms with Crippen molar-refractivity contribution in [3.05, 3.63) is 24.0 Å². The molecule has 2 rings (SSSR count). The Labute approximate surface area is 127 Å². The van der Waals surface area contributed by atoms with Crippen LogP contribution < -0.4 is 5.32 Å². The predicted octanol–water partition coefficient (Wildman–Crippen LogP) is 3.56. The number of aromatic nitrogens is 1. The lowest BCUT2D eigenvalue weighted by Crippen LogP contribution is -2.31. The molecule has 1 aliphatic rings. The van der Waals surface area contributed by atoms with Crippen molar-refractivity contribution in [2.45, 2.75) is 46.5 Å². The Bertz CT molecular complexity index is 479. The molecule has 0 unspecified atom stereocenters. The third-order valence-electron chi connectivity index (χ3n) is 4.43. The molecule has 1 fully saturated rings. The summed E-state index contributed by atoms with van der Waals surface area (Å²) in [6, 6.07) is 3.82. The Morgan fingerprint density at radius 3 is 2.62 bits per heavy atom. The van der Waals surface area contributed by atoms with E-state index in [1.807, 2.05) is 26.0 Å². The zero-order chi connectivity index (χ0) is 15.3. The van der Waals surface area contributed by atoms with Gasteiger partial charge in [0.1, 0.15) is 5.69 Å². The van der Waals surface area contributed by atoms with E-state index in [-0.39, 0.29) is 5.91 Å². The van der Waals surface area contributed by atoms with Crippen molar-refractivity contribution in [2.24, 2.45) is 5.41 Å². The molecule has 1 N–H and O–H groups in total. The van der Waals surface area contributed by atoms with Crippen LogP contribution in [0.2, 0.25) is 0 Å². The quantitative estimate of drug-likeness (QED) is 0.796. The van der Waals surface area contributed by atoms with Gasteiger partial charge in [0.25, 0.3) is 5.91 Å². The first-order chi connectivity index (χ1) is 10.1. The van der Waals surface area contributed by atoms with Gasteiger partial charge in [0.2, 0.25) is 0 Å². The van der Waals surface area contributed by atoms with Crippen molar-refractivity contribution in [2.75, 3.05) is 25.0 Å². The van der Waals surface area contributed by atoms with Crippen LogP contribution in [0.25, 0.3) is 0 Å². The highest BCUT2D eigenvalue weighted by atomic mass is 16.2. The molecular weight excluding hydrogens is 262 g/mol. The molecule has 0 aromatic carbocycles. The van der Waals surface area contributed by atoms with E-state index in [1.165, 1.54) is 25.7 Å². The molecule has 1 aromatic heterocycles. The summed E-state index contributed by atoms with van der Waals surface area (Å²) in [5, 5.41) is 3.49. The first-order valence-electron chi connectivity index (χ1n) is 8.13. The van der Waals surface area contributed by atoms with Gasteiger partial charge in [-0.05, 0) is 50.7 Å². The highest BCUT2D eigenvalue weighted by Gasteiger charge is 2.41. The summed E-state index contributed by atoms with van der Waals surface area (Å²) in [7, 11) is 0. The van der Waals surface area contributed by atoms with Crippen LogP contribution in [0.5, 0.6) is 0 Å². The molecule has 1 amide bonds. The second kappa shape index (κ2) is 6.92. The number of hydrogen-bond donors (Lipinski definition) is 1. The van der Waals surface area contributed by atoms with Crippen LogP contribution in [0, 0.1) is 5.41 Å².